The average Bonchev–Trinajstić information content (AvgIpc) is 3.06. The van der Waals surface area contributed by atoms with Crippen LogP contribution in [0.15, 0.2) is 23.1 Å². The van der Waals surface area contributed by atoms with Gasteiger partial charge < -0.3 is 15.6 Å². The highest BCUT2D eigenvalue weighted by Gasteiger charge is 2.33. The van der Waals surface area contributed by atoms with E-state index >= 15 is 0 Å². The van der Waals surface area contributed by atoms with Gasteiger partial charge in [-0.1, -0.05) is 0 Å². The summed E-state index contributed by atoms with van der Waals surface area (Å²) in [4.78, 5) is 13.1. The minimum Gasteiger partial charge on any atom is -0.381 e. The lowest BCUT2D eigenvalue weighted by atomic mass is 10.1. The van der Waals surface area contributed by atoms with Crippen LogP contribution in [0.25, 0.3) is 17.0 Å². The molecule has 0 amide bonds. The predicted octanol–water partition coefficient (Wildman–Crippen LogP) is 1.20. The van der Waals surface area contributed by atoms with Crippen LogP contribution in [0.5, 0.6) is 0 Å². The minimum atomic E-state index is -0.0361. The summed E-state index contributed by atoms with van der Waals surface area (Å²) in [5.74, 6) is 0. The van der Waals surface area contributed by atoms with Gasteiger partial charge in [-0.25, -0.2) is 4.68 Å². The Hall–Kier alpha value is -2.74. The highest BCUT2D eigenvalue weighted by Crippen LogP contribution is 2.43. The number of nitrogens with one attached hydrogen (secondary N) is 3. The molecule has 8 heteroatoms. The number of ether oxygens (including phenoxy) is 1. The summed E-state index contributed by atoms with van der Waals surface area (Å²) in [5.41, 5.74) is 14.5. The van der Waals surface area contributed by atoms with Gasteiger partial charge in [0.05, 0.1) is 39.9 Å². The Bertz CT molecular complexity index is 883. The molecule has 5 aliphatic rings. The normalized spacial score (nSPS) is 19.4. The summed E-state index contributed by atoms with van der Waals surface area (Å²) in [5, 5.41) is 6.53. The van der Waals surface area contributed by atoms with Crippen LogP contribution >= 0.6 is 0 Å². The number of rotatable bonds is 1. The Morgan fingerprint density at radius 3 is 2.92 bits per heavy atom. The lowest BCUT2D eigenvalue weighted by Gasteiger charge is -2.21. The van der Waals surface area contributed by atoms with Crippen LogP contribution < -0.4 is 21.8 Å². The van der Waals surface area contributed by atoms with Crippen molar-refractivity contribution in [3.8, 4) is 11.3 Å². The number of aromatic nitrogens is 2. The van der Waals surface area contributed by atoms with Crippen molar-refractivity contribution in [1.29, 1.82) is 0 Å². The quantitative estimate of drug-likeness (QED) is 0.726. The van der Waals surface area contributed by atoms with E-state index in [0.717, 1.165) is 35.5 Å². The topological polar surface area (TPSA) is 83.5 Å². The van der Waals surface area contributed by atoms with Gasteiger partial charge in [-0.15, -0.1) is 0 Å². The Labute approximate surface area is 138 Å². The average molecular weight is 326 g/mol. The van der Waals surface area contributed by atoms with Crippen LogP contribution in [0.3, 0.4) is 0 Å². The second-order valence-electron chi connectivity index (χ2n) is 6.32. The van der Waals surface area contributed by atoms with Crippen molar-refractivity contribution in [3.05, 3.63) is 34.2 Å². The summed E-state index contributed by atoms with van der Waals surface area (Å²) < 4.78 is 7.05. The summed E-state index contributed by atoms with van der Waals surface area (Å²) in [7, 11) is 1.93. The van der Waals surface area contributed by atoms with Gasteiger partial charge in [-0.2, -0.15) is 5.10 Å². The molecular formula is C16H18N6O2. The first-order valence-electron chi connectivity index (χ1n) is 8.14. The summed E-state index contributed by atoms with van der Waals surface area (Å²) >= 11 is 0. The molecule has 0 saturated carbocycles. The molecule has 0 radical (unpaired) electrons. The molecule has 0 aromatic heterocycles. The van der Waals surface area contributed by atoms with Crippen molar-refractivity contribution >= 4 is 17.1 Å². The fourth-order valence-electron chi connectivity index (χ4n) is 3.70. The smallest absolute Gasteiger partial charge is 0.278 e. The third-order valence-electron chi connectivity index (χ3n) is 4.92. The van der Waals surface area contributed by atoms with Gasteiger partial charge in [0, 0.05) is 26.5 Å². The molecule has 0 aromatic carbocycles. The fraction of sp³-hybridized carbons (Fsp3) is 0.375. The van der Waals surface area contributed by atoms with Crippen LogP contribution in [0, 0.1) is 0 Å². The molecule has 0 atom stereocenters. The Balaban J connectivity index is 1.76. The third-order valence-corrected chi connectivity index (χ3v) is 4.92. The molecule has 1 saturated heterocycles. The summed E-state index contributed by atoms with van der Waals surface area (Å²) in [6.45, 7) is 1.36. The highest BCUT2D eigenvalue weighted by atomic mass is 16.5. The van der Waals surface area contributed by atoms with Gasteiger partial charge in [0.25, 0.3) is 5.56 Å². The zero-order valence-electron chi connectivity index (χ0n) is 13.3. The summed E-state index contributed by atoms with van der Waals surface area (Å²) in [6.07, 6.45) is 3.53. The molecule has 1 fully saturated rings. The number of nitrogens with zero attached hydrogens (tertiary/aromatic N) is 3. The number of hydrogen-bond acceptors (Lipinski definition) is 7. The first-order valence-corrected chi connectivity index (χ1v) is 8.14. The molecule has 0 spiro atoms. The maximum atomic E-state index is 13.1. The van der Waals surface area contributed by atoms with Crippen molar-refractivity contribution < 1.29 is 4.74 Å². The van der Waals surface area contributed by atoms with Crippen molar-refractivity contribution in [2.24, 2.45) is 0 Å². The zero-order chi connectivity index (χ0) is 16.3. The van der Waals surface area contributed by atoms with Crippen molar-refractivity contribution in [2.75, 3.05) is 31.1 Å². The molecule has 3 N–H and O–H groups in total. The van der Waals surface area contributed by atoms with E-state index in [4.69, 9.17) is 4.74 Å². The molecular weight excluding hydrogens is 308 g/mol. The molecule has 0 bridgehead atoms. The standard InChI is InChI=1S/C16H18N6O2/c1-21-12-8-17-18-10-2-3-11-14(15(20-21)13(10)12)16(23)22(19-11)9-4-6-24-7-5-9/h2-3,8-9,17-18,20H,4-7H2,1H3. The van der Waals surface area contributed by atoms with Gasteiger partial charge >= 0.3 is 0 Å². The minimum absolute atomic E-state index is 0.0361. The van der Waals surface area contributed by atoms with Crippen LogP contribution in [0.4, 0.5) is 11.4 Å². The van der Waals surface area contributed by atoms with E-state index in [1.807, 2.05) is 30.4 Å². The van der Waals surface area contributed by atoms with Crippen molar-refractivity contribution in [2.45, 2.75) is 18.9 Å². The van der Waals surface area contributed by atoms with Crippen molar-refractivity contribution in [3.63, 3.8) is 0 Å². The molecule has 1 aliphatic carbocycles. The van der Waals surface area contributed by atoms with Crippen LogP contribution in [-0.2, 0) is 4.74 Å². The SMILES string of the molecule is CN1Nc2c3c(ccc4nn(C5CCOCC5)c(=O)c2-4)NNC=C31. The van der Waals surface area contributed by atoms with Gasteiger partial charge in [0.2, 0.25) is 0 Å². The van der Waals surface area contributed by atoms with E-state index in [1.165, 1.54) is 0 Å². The van der Waals surface area contributed by atoms with E-state index in [1.54, 1.807) is 4.68 Å². The van der Waals surface area contributed by atoms with E-state index in [0.29, 0.717) is 24.5 Å². The Morgan fingerprint density at radius 1 is 1.25 bits per heavy atom. The van der Waals surface area contributed by atoms with E-state index < -0.39 is 0 Å². The number of anilines is 2. The molecule has 4 heterocycles. The predicted molar refractivity (Wildman–Crippen MR) is 90.3 cm³/mol. The largest absolute Gasteiger partial charge is 0.381 e. The Kier molecular flexibility index (Phi) is 2.78. The zero-order valence-corrected chi connectivity index (χ0v) is 13.3. The van der Waals surface area contributed by atoms with E-state index in [2.05, 4.69) is 21.4 Å². The second-order valence-corrected chi connectivity index (χ2v) is 6.32. The maximum Gasteiger partial charge on any atom is 0.278 e. The van der Waals surface area contributed by atoms with E-state index in [-0.39, 0.29) is 11.6 Å². The lowest BCUT2D eigenvalue weighted by Crippen LogP contribution is -2.27. The molecule has 0 unspecified atom stereocenters. The number of fused-ring (bicyclic) bond motifs is 2. The van der Waals surface area contributed by atoms with Crippen LogP contribution in [0.1, 0.15) is 24.4 Å². The highest BCUT2D eigenvalue weighted by molar-refractivity contribution is 5.96. The molecule has 5 rings (SSSR count). The van der Waals surface area contributed by atoms with Gasteiger partial charge in [0.1, 0.15) is 0 Å². The van der Waals surface area contributed by atoms with Crippen LogP contribution in [0.2, 0.25) is 0 Å². The summed E-state index contributed by atoms with van der Waals surface area (Å²) in [6, 6.07) is 3.98. The van der Waals surface area contributed by atoms with Gasteiger partial charge in [0.15, 0.2) is 0 Å². The maximum absolute atomic E-state index is 13.1. The molecule has 0 aromatic rings. The third kappa shape index (κ3) is 1.77. The molecule has 124 valence electrons. The van der Waals surface area contributed by atoms with Gasteiger partial charge in [-0.3, -0.25) is 15.2 Å². The monoisotopic (exact) mass is 326 g/mol. The number of hydrogen-bond donors (Lipinski definition) is 3. The lowest BCUT2D eigenvalue weighted by molar-refractivity contribution is 0.0655. The number of hydrazine groups is 2. The first-order chi connectivity index (χ1) is 11.7. The van der Waals surface area contributed by atoms with Gasteiger partial charge in [-0.05, 0) is 25.0 Å². The molecule has 8 nitrogen and oxygen atoms in total. The molecule has 24 heavy (non-hydrogen) atoms. The Morgan fingerprint density at radius 2 is 2.08 bits per heavy atom. The first kappa shape index (κ1) is 13.7. The van der Waals surface area contributed by atoms with Crippen LogP contribution in [-0.4, -0.2) is 35.1 Å². The fourth-order valence-corrected chi connectivity index (χ4v) is 3.70. The van der Waals surface area contributed by atoms with Crippen molar-refractivity contribution in [1.82, 2.24) is 20.2 Å². The second kappa shape index (κ2) is 4.88. The van der Waals surface area contributed by atoms with E-state index in [9.17, 15) is 4.79 Å². The molecule has 4 aliphatic heterocycles.